The predicted molar refractivity (Wildman–Crippen MR) is 105 cm³/mol. The Hall–Kier alpha value is -4.32. The number of rotatable bonds is 5. The van der Waals surface area contributed by atoms with E-state index in [2.05, 4.69) is 20.6 Å². The summed E-state index contributed by atoms with van der Waals surface area (Å²) >= 11 is 0. The second-order valence-corrected chi connectivity index (χ2v) is 5.86. The molecule has 2 heterocycles. The highest BCUT2D eigenvalue weighted by Gasteiger charge is 2.20. The van der Waals surface area contributed by atoms with Crippen LogP contribution in [0.25, 0.3) is 5.69 Å². The van der Waals surface area contributed by atoms with Gasteiger partial charge in [0.15, 0.2) is 5.69 Å². The first kappa shape index (κ1) is 19.4. The minimum Gasteiger partial charge on any atom is -0.497 e. The molecule has 144 valence electrons. The van der Waals surface area contributed by atoms with Gasteiger partial charge >= 0.3 is 0 Å². The lowest BCUT2D eigenvalue weighted by Gasteiger charge is -2.11. The molecular weight excluding hydrogens is 372 g/mol. The summed E-state index contributed by atoms with van der Waals surface area (Å²) < 4.78 is 6.10. The van der Waals surface area contributed by atoms with E-state index < -0.39 is 11.5 Å². The fraction of sp³-hybridized carbons (Fsp3) is 0.100. The van der Waals surface area contributed by atoms with Crippen LogP contribution in [0.2, 0.25) is 0 Å². The summed E-state index contributed by atoms with van der Waals surface area (Å²) in [5, 5.41) is 17.4. The van der Waals surface area contributed by atoms with E-state index in [0.29, 0.717) is 11.4 Å². The first-order chi connectivity index (χ1) is 14.0. The predicted octanol–water partition coefficient (Wildman–Crippen LogP) is 1.58. The quantitative estimate of drug-likeness (QED) is 0.523. The van der Waals surface area contributed by atoms with Crippen molar-refractivity contribution in [1.82, 2.24) is 20.2 Å². The Kier molecular flexibility index (Phi) is 5.75. The Morgan fingerprint density at radius 3 is 2.55 bits per heavy atom. The molecule has 0 aliphatic rings. The van der Waals surface area contributed by atoms with E-state index in [0.717, 1.165) is 10.2 Å². The molecule has 0 fully saturated rings. The molecule has 29 heavy (non-hydrogen) atoms. The van der Waals surface area contributed by atoms with E-state index >= 15 is 0 Å². The number of carbonyl (C=O) groups excluding carboxylic acids is 1. The van der Waals surface area contributed by atoms with Gasteiger partial charge in [-0.2, -0.15) is 20.1 Å². The molecule has 9 heteroatoms. The zero-order chi connectivity index (χ0) is 20.8. The third kappa shape index (κ3) is 4.17. The fourth-order valence-electron chi connectivity index (χ4n) is 2.52. The van der Waals surface area contributed by atoms with Gasteiger partial charge in [0.2, 0.25) is 0 Å². The maximum Gasteiger partial charge on any atom is 0.292 e. The topological polar surface area (TPSA) is 122 Å². The first-order valence-electron chi connectivity index (χ1n) is 8.47. The van der Waals surface area contributed by atoms with E-state index in [1.54, 1.807) is 48.8 Å². The van der Waals surface area contributed by atoms with Gasteiger partial charge in [0.05, 0.1) is 19.0 Å². The number of nitrogens with zero attached hydrogens (tertiary/aromatic N) is 5. The summed E-state index contributed by atoms with van der Waals surface area (Å²) in [6.45, 7) is 1.49. The summed E-state index contributed by atoms with van der Waals surface area (Å²) in [7, 11) is 1.52. The second kappa shape index (κ2) is 8.58. The van der Waals surface area contributed by atoms with Crippen LogP contribution >= 0.6 is 0 Å². The molecule has 1 N–H and O–H groups in total. The van der Waals surface area contributed by atoms with Gasteiger partial charge in [-0.15, -0.1) is 0 Å². The largest absolute Gasteiger partial charge is 0.497 e. The molecule has 1 amide bonds. The summed E-state index contributed by atoms with van der Waals surface area (Å²) in [6, 6.07) is 11.8. The van der Waals surface area contributed by atoms with Crippen LogP contribution in [0.1, 0.15) is 27.2 Å². The summed E-state index contributed by atoms with van der Waals surface area (Å²) in [4.78, 5) is 29.1. The van der Waals surface area contributed by atoms with Crippen molar-refractivity contribution >= 4 is 12.1 Å². The van der Waals surface area contributed by atoms with E-state index in [9.17, 15) is 14.9 Å². The molecular formula is C20H16N6O3. The van der Waals surface area contributed by atoms with Gasteiger partial charge in [-0.1, -0.05) is 0 Å². The van der Waals surface area contributed by atoms with Crippen LogP contribution in [0.4, 0.5) is 0 Å². The van der Waals surface area contributed by atoms with Gasteiger partial charge in [-0.25, -0.2) is 5.43 Å². The SMILES string of the molecule is COc1ccc(-n2nc(C(=O)NN=Cc3ccncc3)c(C)c(C#N)c2=O)cc1. The molecule has 0 bridgehead atoms. The van der Waals surface area contributed by atoms with Crippen molar-refractivity contribution in [2.75, 3.05) is 7.11 Å². The number of pyridine rings is 1. The summed E-state index contributed by atoms with van der Waals surface area (Å²) in [5.41, 5.74) is 2.80. The molecule has 0 radical (unpaired) electrons. The number of ether oxygens (including phenoxy) is 1. The average molecular weight is 388 g/mol. The highest BCUT2D eigenvalue weighted by atomic mass is 16.5. The number of amides is 1. The van der Waals surface area contributed by atoms with Crippen molar-refractivity contribution in [2.45, 2.75) is 6.92 Å². The number of carbonyl (C=O) groups is 1. The third-order valence-electron chi connectivity index (χ3n) is 4.07. The summed E-state index contributed by atoms with van der Waals surface area (Å²) in [5.74, 6) is -0.0515. The number of hydrogen-bond donors (Lipinski definition) is 1. The number of benzene rings is 1. The van der Waals surface area contributed by atoms with Crippen molar-refractivity contribution < 1.29 is 9.53 Å². The molecule has 0 atom stereocenters. The monoisotopic (exact) mass is 388 g/mol. The van der Waals surface area contributed by atoms with Crippen LogP contribution in [-0.2, 0) is 0 Å². The summed E-state index contributed by atoms with van der Waals surface area (Å²) in [6.07, 6.45) is 4.64. The maximum absolute atomic E-state index is 12.6. The lowest BCUT2D eigenvalue weighted by molar-refractivity contribution is 0.0947. The molecule has 0 unspecified atom stereocenters. The molecule has 9 nitrogen and oxygen atoms in total. The van der Waals surface area contributed by atoms with Gasteiger partial charge in [-0.05, 0) is 48.9 Å². The van der Waals surface area contributed by atoms with Crippen molar-refractivity contribution in [1.29, 1.82) is 5.26 Å². The lowest BCUT2D eigenvalue weighted by Crippen LogP contribution is -2.31. The smallest absolute Gasteiger partial charge is 0.292 e. The maximum atomic E-state index is 12.6. The molecule has 0 saturated heterocycles. The van der Waals surface area contributed by atoms with Gasteiger partial charge in [0, 0.05) is 18.0 Å². The highest BCUT2D eigenvalue weighted by Crippen LogP contribution is 2.15. The van der Waals surface area contributed by atoms with Crippen molar-refractivity contribution in [3.8, 4) is 17.5 Å². The Morgan fingerprint density at radius 1 is 1.24 bits per heavy atom. The number of hydrazone groups is 1. The highest BCUT2D eigenvalue weighted by molar-refractivity contribution is 5.94. The Morgan fingerprint density at radius 2 is 1.93 bits per heavy atom. The average Bonchev–Trinajstić information content (AvgIpc) is 2.75. The van der Waals surface area contributed by atoms with Crippen LogP contribution in [0.3, 0.4) is 0 Å². The minimum atomic E-state index is -0.647. The number of methoxy groups -OCH3 is 1. The van der Waals surface area contributed by atoms with Gasteiger partial charge in [-0.3, -0.25) is 14.6 Å². The zero-order valence-electron chi connectivity index (χ0n) is 15.7. The standard InChI is InChI=1S/C20H16N6O3/c1-13-17(11-21)20(28)26(15-3-5-16(29-2)6-4-15)25-18(13)19(27)24-23-12-14-7-9-22-10-8-14/h3-10,12H,1-2H3,(H,24,27). The lowest BCUT2D eigenvalue weighted by atomic mass is 10.1. The molecule has 2 aromatic heterocycles. The molecule has 3 rings (SSSR count). The number of aromatic nitrogens is 3. The normalized spacial score (nSPS) is 10.5. The van der Waals surface area contributed by atoms with E-state index in [1.165, 1.54) is 20.2 Å². The molecule has 1 aromatic carbocycles. The Balaban J connectivity index is 1.97. The minimum absolute atomic E-state index is 0.0798. The van der Waals surface area contributed by atoms with Crippen LogP contribution in [0.15, 0.2) is 58.7 Å². The van der Waals surface area contributed by atoms with E-state index in [4.69, 9.17) is 4.74 Å². The van der Waals surface area contributed by atoms with Crippen molar-refractivity contribution in [3.63, 3.8) is 0 Å². The van der Waals surface area contributed by atoms with Crippen LogP contribution < -0.4 is 15.7 Å². The molecule has 0 aliphatic heterocycles. The van der Waals surface area contributed by atoms with Crippen molar-refractivity contribution in [2.24, 2.45) is 5.10 Å². The number of nitrogens with one attached hydrogen (secondary N) is 1. The van der Waals surface area contributed by atoms with Gasteiger partial charge in [0.1, 0.15) is 17.4 Å². The van der Waals surface area contributed by atoms with Crippen LogP contribution in [-0.4, -0.2) is 34.0 Å². The Bertz CT molecular complexity index is 1160. The number of nitriles is 1. The molecule has 3 aromatic rings. The zero-order valence-corrected chi connectivity index (χ0v) is 15.7. The van der Waals surface area contributed by atoms with Gasteiger partial charge in [0.25, 0.3) is 11.5 Å². The molecule has 0 aliphatic carbocycles. The fourth-order valence-corrected chi connectivity index (χ4v) is 2.52. The first-order valence-corrected chi connectivity index (χ1v) is 8.47. The number of hydrogen-bond acceptors (Lipinski definition) is 7. The van der Waals surface area contributed by atoms with Crippen molar-refractivity contribution in [3.05, 3.63) is 81.5 Å². The van der Waals surface area contributed by atoms with Gasteiger partial charge < -0.3 is 4.74 Å². The van der Waals surface area contributed by atoms with E-state index in [-0.39, 0.29) is 16.8 Å². The third-order valence-corrected chi connectivity index (χ3v) is 4.07. The Labute approximate surface area is 165 Å². The second-order valence-electron chi connectivity index (χ2n) is 5.86. The molecule has 0 saturated carbocycles. The van der Waals surface area contributed by atoms with Crippen LogP contribution in [0, 0.1) is 18.3 Å². The van der Waals surface area contributed by atoms with E-state index in [1.807, 2.05) is 6.07 Å². The van der Waals surface area contributed by atoms with Crippen LogP contribution in [0.5, 0.6) is 5.75 Å². The molecule has 0 spiro atoms.